The number of fused-ring (bicyclic) bond motifs is 2. The molecule has 31 heavy (non-hydrogen) atoms. The van der Waals surface area contributed by atoms with E-state index in [0.29, 0.717) is 47.2 Å². The molecule has 0 bridgehead atoms. The first-order chi connectivity index (χ1) is 15.2. The number of nitrogens with two attached hydrogens (primary N) is 1. The second-order valence-electron chi connectivity index (χ2n) is 6.75. The lowest BCUT2D eigenvalue weighted by Crippen LogP contribution is -2.27. The molecule has 0 unspecified atom stereocenters. The predicted molar refractivity (Wildman–Crippen MR) is 122 cm³/mol. The Kier molecular flexibility index (Phi) is 5.31. The fraction of sp³-hybridized carbons (Fsp3) is 0.143. The number of hydrogen-bond donors (Lipinski definition) is 2. The van der Waals surface area contributed by atoms with E-state index in [0.717, 1.165) is 10.9 Å². The van der Waals surface area contributed by atoms with Crippen LogP contribution in [-0.2, 0) is 12.3 Å². The number of carbonyl (C=O) groups excluding carboxylic acids is 1. The van der Waals surface area contributed by atoms with Gasteiger partial charge in [-0.25, -0.2) is 15.0 Å². The van der Waals surface area contributed by atoms with E-state index >= 15 is 0 Å². The number of anilines is 1. The first-order valence-electron chi connectivity index (χ1n) is 9.57. The normalized spacial score (nSPS) is 11.4. The Labute approximate surface area is 185 Å². The van der Waals surface area contributed by atoms with Gasteiger partial charge in [0.05, 0.1) is 10.5 Å². The second-order valence-corrected chi connectivity index (χ2v) is 8.97. The molecule has 0 aliphatic carbocycles. The highest BCUT2D eigenvalue weighted by molar-refractivity contribution is 8.00. The van der Waals surface area contributed by atoms with Gasteiger partial charge in [-0.15, -0.1) is 23.1 Å². The van der Waals surface area contributed by atoms with Gasteiger partial charge in [0, 0.05) is 29.8 Å². The van der Waals surface area contributed by atoms with E-state index < -0.39 is 0 Å². The van der Waals surface area contributed by atoms with Gasteiger partial charge in [0.1, 0.15) is 17.4 Å². The number of benzene rings is 1. The highest BCUT2D eigenvalue weighted by Gasteiger charge is 2.20. The van der Waals surface area contributed by atoms with Crippen LogP contribution < -0.4 is 11.1 Å². The summed E-state index contributed by atoms with van der Waals surface area (Å²) in [4.78, 5) is 25.4. The van der Waals surface area contributed by atoms with Crippen molar-refractivity contribution in [3.8, 4) is 0 Å². The number of imidazole rings is 1. The van der Waals surface area contributed by atoms with Crippen LogP contribution in [0.15, 0.2) is 63.1 Å². The Morgan fingerprint density at radius 1 is 1.19 bits per heavy atom. The molecule has 0 fully saturated rings. The van der Waals surface area contributed by atoms with Crippen molar-refractivity contribution in [2.75, 3.05) is 12.3 Å². The number of carbonyl (C=O) groups is 1. The summed E-state index contributed by atoms with van der Waals surface area (Å²) in [7, 11) is 0. The SMILES string of the molecule is Nc1ncnc2c1ncn2CCNC(=O)c1oc2ccccc2c1CSc1cccs1. The van der Waals surface area contributed by atoms with E-state index in [-0.39, 0.29) is 5.91 Å². The molecule has 0 saturated heterocycles. The maximum atomic E-state index is 13.0. The van der Waals surface area contributed by atoms with Crippen molar-refractivity contribution >= 4 is 57.0 Å². The molecule has 5 rings (SSSR count). The minimum atomic E-state index is -0.239. The number of nitrogens with zero attached hydrogens (tertiary/aromatic N) is 4. The molecule has 10 heteroatoms. The van der Waals surface area contributed by atoms with Crippen LogP contribution in [-0.4, -0.2) is 32.0 Å². The lowest BCUT2D eigenvalue weighted by Gasteiger charge is -2.07. The average Bonchev–Trinajstić information content (AvgIpc) is 3.51. The zero-order valence-corrected chi connectivity index (χ0v) is 17.9. The van der Waals surface area contributed by atoms with E-state index in [1.54, 1.807) is 29.4 Å². The van der Waals surface area contributed by atoms with Crippen LogP contribution in [0, 0.1) is 0 Å². The summed E-state index contributed by atoms with van der Waals surface area (Å²) in [6.45, 7) is 0.890. The third-order valence-electron chi connectivity index (χ3n) is 4.83. The molecular weight excluding hydrogens is 432 g/mol. The number of rotatable bonds is 7. The van der Waals surface area contributed by atoms with E-state index in [2.05, 4.69) is 26.3 Å². The number of thioether (sulfide) groups is 1. The monoisotopic (exact) mass is 450 g/mol. The standard InChI is InChI=1S/C21H18N6O2S2/c22-19-17-20(25-11-24-19)27(12-26-17)8-7-23-21(28)18-14(10-31-16-6-3-9-30-16)13-4-1-2-5-15(13)29-18/h1-6,9,11-12H,7-8,10H2,(H,23,28)(H2,22,24,25). The number of thiophene rings is 1. The van der Waals surface area contributed by atoms with E-state index in [1.165, 1.54) is 10.5 Å². The van der Waals surface area contributed by atoms with Crippen molar-refractivity contribution in [2.24, 2.45) is 0 Å². The van der Waals surface area contributed by atoms with Crippen molar-refractivity contribution in [1.82, 2.24) is 24.8 Å². The Morgan fingerprint density at radius 3 is 2.97 bits per heavy atom. The molecule has 0 aliphatic rings. The minimum Gasteiger partial charge on any atom is -0.451 e. The summed E-state index contributed by atoms with van der Waals surface area (Å²) in [5, 5.41) is 5.95. The number of nitrogens with one attached hydrogen (secondary N) is 1. The quantitative estimate of drug-likeness (QED) is 0.361. The van der Waals surface area contributed by atoms with Gasteiger partial charge in [-0.3, -0.25) is 4.79 Å². The van der Waals surface area contributed by atoms with Crippen molar-refractivity contribution in [2.45, 2.75) is 16.5 Å². The molecule has 5 aromatic rings. The predicted octanol–water partition coefficient (Wildman–Crippen LogP) is 3.94. The van der Waals surface area contributed by atoms with E-state index in [9.17, 15) is 4.79 Å². The van der Waals surface area contributed by atoms with Crippen LogP contribution in [0.1, 0.15) is 16.1 Å². The lowest BCUT2D eigenvalue weighted by atomic mass is 10.1. The summed E-state index contributed by atoms with van der Waals surface area (Å²) in [5.74, 6) is 1.11. The number of amides is 1. The van der Waals surface area contributed by atoms with Gasteiger partial charge >= 0.3 is 0 Å². The zero-order valence-electron chi connectivity index (χ0n) is 16.3. The molecule has 0 aliphatic heterocycles. The summed E-state index contributed by atoms with van der Waals surface area (Å²) < 4.78 is 8.96. The summed E-state index contributed by atoms with van der Waals surface area (Å²) >= 11 is 3.38. The number of para-hydroxylation sites is 1. The van der Waals surface area contributed by atoms with E-state index in [4.69, 9.17) is 10.2 Å². The average molecular weight is 451 g/mol. The molecule has 3 N–H and O–H groups in total. The Hall–Kier alpha value is -3.37. The molecule has 0 saturated carbocycles. The van der Waals surface area contributed by atoms with Gasteiger partial charge < -0.3 is 20.0 Å². The van der Waals surface area contributed by atoms with Crippen molar-refractivity contribution in [3.05, 3.63) is 65.8 Å². The largest absolute Gasteiger partial charge is 0.451 e. The smallest absolute Gasteiger partial charge is 0.287 e. The van der Waals surface area contributed by atoms with E-state index in [1.807, 2.05) is 40.3 Å². The van der Waals surface area contributed by atoms with Gasteiger partial charge in [-0.1, -0.05) is 24.3 Å². The number of aromatic nitrogens is 4. The lowest BCUT2D eigenvalue weighted by molar-refractivity contribution is 0.0926. The highest BCUT2D eigenvalue weighted by atomic mass is 32.2. The van der Waals surface area contributed by atoms with Gasteiger partial charge in [0.15, 0.2) is 17.2 Å². The van der Waals surface area contributed by atoms with Crippen LogP contribution in [0.2, 0.25) is 0 Å². The molecule has 1 amide bonds. The van der Waals surface area contributed by atoms with Gasteiger partial charge in [0.25, 0.3) is 5.91 Å². The zero-order chi connectivity index (χ0) is 21.2. The molecule has 0 radical (unpaired) electrons. The molecule has 156 valence electrons. The Morgan fingerprint density at radius 2 is 2.10 bits per heavy atom. The molecule has 0 spiro atoms. The van der Waals surface area contributed by atoms with Crippen LogP contribution >= 0.6 is 23.1 Å². The topological polar surface area (TPSA) is 112 Å². The minimum absolute atomic E-state index is 0.239. The first kappa shape index (κ1) is 19.6. The molecule has 4 heterocycles. The number of hydrogen-bond acceptors (Lipinski definition) is 8. The van der Waals surface area contributed by atoms with Crippen molar-refractivity contribution in [1.29, 1.82) is 0 Å². The molecule has 4 aromatic heterocycles. The fourth-order valence-electron chi connectivity index (χ4n) is 3.35. The molecule has 8 nitrogen and oxygen atoms in total. The maximum Gasteiger partial charge on any atom is 0.287 e. The third-order valence-corrected chi connectivity index (χ3v) is 6.98. The first-order valence-corrected chi connectivity index (χ1v) is 11.4. The highest BCUT2D eigenvalue weighted by Crippen LogP contribution is 2.33. The summed E-state index contributed by atoms with van der Waals surface area (Å²) in [5.41, 5.74) is 8.63. The van der Waals surface area contributed by atoms with Crippen LogP contribution in [0.25, 0.3) is 22.1 Å². The van der Waals surface area contributed by atoms with Crippen molar-refractivity contribution < 1.29 is 9.21 Å². The van der Waals surface area contributed by atoms with Crippen LogP contribution in [0.3, 0.4) is 0 Å². The molecule has 0 atom stereocenters. The van der Waals surface area contributed by atoms with Gasteiger partial charge in [-0.2, -0.15) is 0 Å². The molecular formula is C21H18N6O2S2. The maximum absolute atomic E-state index is 13.0. The number of furan rings is 1. The third kappa shape index (κ3) is 3.87. The van der Waals surface area contributed by atoms with Gasteiger partial charge in [0.2, 0.25) is 0 Å². The number of nitrogen functional groups attached to an aromatic ring is 1. The Balaban J connectivity index is 1.33. The summed E-state index contributed by atoms with van der Waals surface area (Å²) in [6.07, 6.45) is 3.05. The molecule has 1 aromatic carbocycles. The van der Waals surface area contributed by atoms with Crippen LogP contribution in [0.5, 0.6) is 0 Å². The fourth-order valence-corrected chi connectivity index (χ4v) is 5.16. The Bertz CT molecular complexity index is 1360. The second kappa shape index (κ2) is 8.40. The van der Waals surface area contributed by atoms with Crippen LogP contribution in [0.4, 0.5) is 5.82 Å². The van der Waals surface area contributed by atoms with Crippen molar-refractivity contribution in [3.63, 3.8) is 0 Å². The van der Waals surface area contributed by atoms with Gasteiger partial charge in [-0.05, 0) is 17.5 Å². The summed E-state index contributed by atoms with van der Waals surface area (Å²) in [6, 6.07) is 11.8.